The summed E-state index contributed by atoms with van der Waals surface area (Å²) in [5, 5.41) is 7.04. The summed E-state index contributed by atoms with van der Waals surface area (Å²) in [6, 6.07) is 8.66. The molecule has 2 atom stereocenters. The van der Waals surface area contributed by atoms with Crippen LogP contribution in [0.5, 0.6) is 5.75 Å². The first-order valence-corrected chi connectivity index (χ1v) is 11.3. The minimum Gasteiger partial charge on any atom is -0.497 e. The fourth-order valence-electron chi connectivity index (χ4n) is 4.41. The standard InChI is InChI=1S/C23H39N5O2/c1-19-5-4-11-27(18-19)12-10-25-23(24-2)26-17-22(28-13-15-30-16-14-28)20-6-8-21(29-3)9-7-20/h6-9,19,22H,4-5,10-18H2,1-3H3,(H2,24,25,26). The molecule has 3 rings (SSSR count). The first-order chi connectivity index (χ1) is 14.7. The molecule has 1 aromatic rings. The summed E-state index contributed by atoms with van der Waals surface area (Å²) in [7, 11) is 3.55. The predicted octanol–water partition coefficient (Wildman–Crippen LogP) is 1.97. The second-order valence-corrected chi connectivity index (χ2v) is 8.37. The molecule has 0 saturated carbocycles. The lowest BCUT2D eigenvalue weighted by Gasteiger charge is -2.35. The van der Waals surface area contributed by atoms with Gasteiger partial charge in [0.15, 0.2) is 5.96 Å². The van der Waals surface area contributed by atoms with E-state index >= 15 is 0 Å². The first kappa shape index (κ1) is 22.8. The number of benzene rings is 1. The molecule has 0 spiro atoms. The Kier molecular flexibility index (Phi) is 9.24. The molecule has 2 fully saturated rings. The summed E-state index contributed by atoms with van der Waals surface area (Å²) in [6.45, 7) is 11.0. The highest BCUT2D eigenvalue weighted by Crippen LogP contribution is 2.23. The van der Waals surface area contributed by atoms with E-state index in [2.05, 4.69) is 44.5 Å². The summed E-state index contributed by atoms with van der Waals surface area (Å²) < 4.78 is 10.9. The van der Waals surface area contributed by atoms with E-state index in [1.807, 2.05) is 19.2 Å². The second-order valence-electron chi connectivity index (χ2n) is 8.37. The molecular weight excluding hydrogens is 378 g/mol. The van der Waals surface area contributed by atoms with Gasteiger partial charge in [-0.2, -0.15) is 0 Å². The van der Waals surface area contributed by atoms with Crippen molar-refractivity contribution in [3.05, 3.63) is 29.8 Å². The van der Waals surface area contributed by atoms with Crippen LogP contribution in [-0.4, -0.2) is 88.9 Å². The Balaban J connectivity index is 1.53. The molecule has 2 aliphatic rings. The lowest BCUT2D eigenvalue weighted by molar-refractivity contribution is 0.0170. The third kappa shape index (κ3) is 6.86. The smallest absolute Gasteiger partial charge is 0.191 e. The molecule has 2 unspecified atom stereocenters. The van der Waals surface area contributed by atoms with Gasteiger partial charge in [-0.3, -0.25) is 9.89 Å². The van der Waals surface area contributed by atoms with E-state index in [0.29, 0.717) is 0 Å². The van der Waals surface area contributed by atoms with Gasteiger partial charge >= 0.3 is 0 Å². The van der Waals surface area contributed by atoms with E-state index in [0.717, 1.165) is 63.6 Å². The van der Waals surface area contributed by atoms with Crippen LogP contribution >= 0.6 is 0 Å². The molecule has 7 nitrogen and oxygen atoms in total. The number of guanidine groups is 1. The van der Waals surface area contributed by atoms with Gasteiger partial charge in [-0.15, -0.1) is 0 Å². The molecule has 2 heterocycles. The first-order valence-electron chi connectivity index (χ1n) is 11.3. The second kappa shape index (κ2) is 12.1. The number of hydrogen-bond acceptors (Lipinski definition) is 5. The monoisotopic (exact) mass is 417 g/mol. The third-order valence-corrected chi connectivity index (χ3v) is 6.14. The fourth-order valence-corrected chi connectivity index (χ4v) is 4.41. The molecule has 2 N–H and O–H groups in total. The Hall–Kier alpha value is -1.83. The van der Waals surface area contributed by atoms with Crippen LogP contribution in [-0.2, 0) is 4.74 Å². The number of likely N-dealkylation sites (tertiary alicyclic amines) is 1. The molecule has 30 heavy (non-hydrogen) atoms. The highest BCUT2D eigenvalue weighted by molar-refractivity contribution is 5.79. The number of aliphatic imine (C=N–C) groups is 1. The zero-order valence-corrected chi connectivity index (χ0v) is 18.9. The topological polar surface area (TPSA) is 61.4 Å². The van der Waals surface area contributed by atoms with Crippen molar-refractivity contribution in [1.82, 2.24) is 20.4 Å². The van der Waals surface area contributed by atoms with Crippen molar-refractivity contribution < 1.29 is 9.47 Å². The Morgan fingerprint density at radius 3 is 2.63 bits per heavy atom. The van der Waals surface area contributed by atoms with Crippen molar-refractivity contribution in [3.63, 3.8) is 0 Å². The SMILES string of the molecule is CN=C(NCCN1CCCC(C)C1)NCC(c1ccc(OC)cc1)N1CCOCC1. The Labute approximate surface area is 181 Å². The van der Waals surface area contributed by atoms with Crippen molar-refractivity contribution >= 4 is 5.96 Å². The highest BCUT2D eigenvalue weighted by atomic mass is 16.5. The number of rotatable bonds is 8. The van der Waals surface area contributed by atoms with Crippen LogP contribution in [0.3, 0.4) is 0 Å². The number of piperidine rings is 1. The lowest BCUT2D eigenvalue weighted by Crippen LogP contribution is -2.47. The van der Waals surface area contributed by atoms with Crippen molar-refractivity contribution in [1.29, 1.82) is 0 Å². The van der Waals surface area contributed by atoms with Crippen molar-refractivity contribution in [2.45, 2.75) is 25.8 Å². The number of ether oxygens (including phenoxy) is 2. The number of nitrogens with one attached hydrogen (secondary N) is 2. The Morgan fingerprint density at radius 2 is 1.97 bits per heavy atom. The highest BCUT2D eigenvalue weighted by Gasteiger charge is 2.23. The maximum atomic E-state index is 5.56. The van der Waals surface area contributed by atoms with Gasteiger partial charge in [0.05, 0.1) is 26.4 Å². The number of nitrogens with zero attached hydrogens (tertiary/aromatic N) is 3. The maximum absolute atomic E-state index is 5.56. The van der Waals surface area contributed by atoms with E-state index in [9.17, 15) is 0 Å². The normalized spacial score (nSPS) is 22.5. The van der Waals surface area contributed by atoms with Gasteiger partial charge in [-0.25, -0.2) is 0 Å². The number of morpholine rings is 1. The van der Waals surface area contributed by atoms with E-state index < -0.39 is 0 Å². The van der Waals surface area contributed by atoms with Gasteiger partial charge in [0.1, 0.15) is 5.75 Å². The molecule has 168 valence electrons. The zero-order chi connectivity index (χ0) is 21.2. The van der Waals surface area contributed by atoms with Crippen LogP contribution in [0.25, 0.3) is 0 Å². The molecule has 2 saturated heterocycles. The van der Waals surface area contributed by atoms with Crippen LogP contribution < -0.4 is 15.4 Å². The van der Waals surface area contributed by atoms with E-state index in [1.165, 1.54) is 31.5 Å². The maximum Gasteiger partial charge on any atom is 0.191 e. The van der Waals surface area contributed by atoms with Gasteiger partial charge in [-0.05, 0) is 43.0 Å². The minimum atomic E-state index is 0.265. The average molecular weight is 418 g/mol. The molecular formula is C23H39N5O2. The van der Waals surface area contributed by atoms with Gasteiger partial charge in [0.2, 0.25) is 0 Å². The summed E-state index contributed by atoms with van der Waals surface area (Å²) in [6.07, 6.45) is 2.68. The molecule has 0 aromatic heterocycles. The Bertz CT molecular complexity index is 645. The molecule has 0 amide bonds. The zero-order valence-electron chi connectivity index (χ0n) is 18.9. The van der Waals surface area contributed by atoms with Gasteiger partial charge < -0.3 is 25.0 Å². The van der Waals surface area contributed by atoms with Crippen LogP contribution in [0.1, 0.15) is 31.4 Å². The quantitative estimate of drug-likeness (QED) is 0.498. The van der Waals surface area contributed by atoms with E-state index in [1.54, 1.807) is 7.11 Å². The van der Waals surface area contributed by atoms with Crippen molar-refractivity contribution in [3.8, 4) is 5.75 Å². The summed E-state index contributed by atoms with van der Waals surface area (Å²) in [4.78, 5) is 9.48. The van der Waals surface area contributed by atoms with Crippen LogP contribution in [0.2, 0.25) is 0 Å². The van der Waals surface area contributed by atoms with Crippen molar-refractivity contribution in [2.75, 3.05) is 73.2 Å². The number of hydrogen-bond donors (Lipinski definition) is 2. The molecule has 7 heteroatoms. The molecule has 2 aliphatic heterocycles. The molecule has 0 bridgehead atoms. The predicted molar refractivity (Wildman–Crippen MR) is 122 cm³/mol. The van der Waals surface area contributed by atoms with E-state index in [-0.39, 0.29) is 6.04 Å². The van der Waals surface area contributed by atoms with Gasteiger partial charge in [0, 0.05) is 46.3 Å². The fraction of sp³-hybridized carbons (Fsp3) is 0.696. The summed E-state index contributed by atoms with van der Waals surface area (Å²) in [5.41, 5.74) is 1.28. The minimum absolute atomic E-state index is 0.265. The van der Waals surface area contributed by atoms with Crippen LogP contribution in [0, 0.1) is 5.92 Å². The third-order valence-electron chi connectivity index (χ3n) is 6.14. The van der Waals surface area contributed by atoms with Crippen molar-refractivity contribution in [2.24, 2.45) is 10.9 Å². The average Bonchev–Trinajstić information content (AvgIpc) is 2.79. The van der Waals surface area contributed by atoms with E-state index in [4.69, 9.17) is 9.47 Å². The summed E-state index contributed by atoms with van der Waals surface area (Å²) in [5.74, 6) is 2.57. The van der Waals surface area contributed by atoms with Crippen LogP contribution in [0.15, 0.2) is 29.3 Å². The van der Waals surface area contributed by atoms with Gasteiger partial charge in [0.25, 0.3) is 0 Å². The van der Waals surface area contributed by atoms with Crippen LogP contribution in [0.4, 0.5) is 0 Å². The van der Waals surface area contributed by atoms with Gasteiger partial charge in [-0.1, -0.05) is 19.1 Å². The summed E-state index contributed by atoms with van der Waals surface area (Å²) >= 11 is 0. The largest absolute Gasteiger partial charge is 0.497 e. The molecule has 1 aromatic carbocycles. The number of methoxy groups -OCH3 is 1. The molecule has 0 radical (unpaired) electrons. The molecule has 0 aliphatic carbocycles. The lowest BCUT2D eigenvalue weighted by atomic mass is 10.0. The Morgan fingerprint density at radius 1 is 1.20 bits per heavy atom.